The molecular formula is C16H15ClN4O2S. The maximum absolute atomic E-state index is 12.5. The number of aromatic nitrogens is 3. The largest absolute Gasteiger partial charge is 0.280 e. The van der Waals surface area contributed by atoms with Gasteiger partial charge in [-0.2, -0.15) is 5.10 Å². The minimum absolute atomic E-state index is 0.207. The number of hydrogen-bond donors (Lipinski definition) is 1. The molecule has 0 aliphatic carbocycles. The van der Waals surface area contributed by atoms with Crippen molar-refractivity contribution in [1.82, 2.24) is 14.8 Å². The second-order valence-corrected chi connectivity index (χ2v) is 7.39. The molecule has 0 aliphatic rings. The molecule has 24 heavy (non-hydrogen) atoms. The summed E-state index contributed by atoms with van der Waals surface area (Å²) in [6.45, 7) is 2.28. The Labute approximate surface area is 145 Å². The van der Waals surface area contributed by atoms with Crippen molar-refractivity contribution >= 4 is 27.3 Å². The fourth-order valence-electron chi connectivity index (χ4n) is 2.30. The van der Waals surface area contributed by atoms with Gasteiger partial charge in [0.1, 0.15) is 12.7 Å². The zero-order chi connectivity index (χ0) is 17.2. The van der Waals surface area contributed by atoms with E-state index >= 15 is 0 Å². The number of rotatable bonds is 5. The number of nitrogens with zero attached hydrogens (tertiary/aromatic N) is 3. The number of hydrogen-bond acceptors (Lipinski definition) is 4. The summed E-state index contributed by atoms with van der Waals surface area (Å²) in [4.78, 5) is 4.09. The highest BCUT2D eigenvalue weighted by Crippen LogP contribution is 2.22. The Balaban J connectivity index is 1.77. The zero-order valence-corrected chi connectivity index (χ0v) is 14.4. The quantitative estimate of drug-likeness (QED) is 0.756. The molecule has 0 bridgehead atoms. The predicted octanol–water partition coefficient (Wildman–Crippen LogP) is 3.09. The Hall–Kier alpha value is -2.38. The van der Waals surface area contributed by atoms with Crippen LogP contribution in [0.25, 0.3) is 0 Å². The summed E-state index contributed by atoms with van der Waals surface area (Å²) in [6, 6.07) is 11.8. The number of sulfonamides is 1. The van der Waals surface area contributed by atoms with Gasteiger partial charge in [-0.1, -0.05) is 23.7 Å². The van der Waals surface area contributed by atoms with Crippen LogP contribution in [0.3, 0.4) is 0 Å². The number of anilines is 1. The van der Waals surface area contributed by atoms with E-state index in [9.17, 15) is 8.42 Å². The first-order chi connectivity index (χ1) is 11.4. The van der Waals surface area contributed by atoms with Crippen molar-refractivity contribution in [2.24, 2.45) is 0 Å². The van der Waals surface area contributed by atoms with Crippen LogP contribution in [0.2, 0.25) is 5.02 Å². The van der Waals surface area contributed by atoms with E-state index in [1.165, 1.54) is 12.4 Å². The standard InChI is InChI=1S/C16H15ClN4O2S/c1-12-8-14(17)4-7-16(12)24(22,23)20-15-5-2-13(3-6-15)9-21-11-18-10-19-21/h2-8,10-11,20H,9H2,1H3. The van der Waals surface area contributed by atoms with E-state index in [0.29, 0.717) is 22.8 Å². The summed E-state index contributed by atoms with van der Waals surface area (Å²) in [7, 11) is -3.66. The maximum Gasteiger partial charge on any atom is 0.262 e. The van der Waals surface area contributed by atoms with E-state index in [2.05, 4.69) is 14.8 Å². The minimum Gasteiger partial charge on any atom is -0.280 e. The Morgan fingerprint density at radius 3 is 2.54 bits per heavy atom. The fourth-order valence-corrected chi connectivity index (χ4v) is 3.82. The van der Waals surface area contributed by atoms with Crippen LogP contribution in [0.4, 0.5) is 5.69 Å². The molecule has 0 unspecified atom stereocenters. The van der Waals surface area contributed by atoms with Crippen LogP contribution in [0.15, 0.2) is 60.0 Å². The maximum atomic E-state index is 12.5. The number of halogens is 1. The predicted molar refractivity (Wildman–Crippen MR) is 92.6 cm³/mol. The van der Waals surface area contributed by atoms with Crippen LogP contribution in [0.5, 0.6) is 0 Å². The van der Waals surface area contributed by atoms with Gasteiger partial charge in [-0.05, 0) is 48.4 Å². The van der Waals surface area contributed by atoms with Crippen molar-refractivity contribution in [3.63, 3.8) is 0 Å². The first kappa shape index (κ1) is 16.5. The molecule has 124 valence electrons. The molecule has 3 aromatic rings. The summed E-state index contributed by atoms with van der Waals surface area (Å²) >= 11 is 5.88. The first-order valence-electron chi connectivity index (χ1n) is 7.14. The Morgan fingerprint density at radius 1 is 1.17 bits per heavy atom. The average molecular weight is 363 g/mol. The SMILES string of the molecule is Cc1cc(Cl)ccc1S(=O)(=O)Nc1ccc(Cn2cncn2)cc1. The normalized spacial score (nSPS) is 11.4. The van der Waals surface area contributed by atoms with E-state index in [1.807, 2.05) is 12.1 Å². The molecule has 0 radical (unpaired) electrons. The topological polar surface area (TPSA) is 76.9 Å². The molecule has 0 aliphatic heterocycles. The lowest BCUT2D eigenvalue weighted by Gasteiger charge is -2.11. The van der Waals surface area contributed by atoms with E-state index in [4.69, 9.17) is 11.6 Å². The van der Waals surface area contributed by atoms with Gasteiger partial charge in [0.25, 0.3) is 10.0 Å². The third-order valence-electron chi connectivity index (χ3n) is 3.44. The van der Waals surface area contributed by atoms with Gasteiger partial charge in [0.2, 0.25) is 0 Å². The zero-order valence-electron chi connectivity index (χ0n) is 12.8. The minimum atomic E-state index is -3.66. The second kappa shape index (κ2) is 6.62. The summed E-state index contributed by atoms with van der Waals surface area (Å²) in [5.41, 5.74) is 2.08. The summed E-state index contributed by atoms with van der Waals surface area (Å²) in [5.74, 6) is 0. The average Bonchev–Trinajstić information content (AvgIpc) is 3.01. The highest BCUT2D eigenvalue weighted by molar-refractivity contribution is 7.92. The summed E-state index contributed by atoms with van der Waals surface area (Å²) in [6.07, 6.45) is 3.09. The highest BCUT2D eigenvalue weighted by atomic mass is 35.5. The third-order valence-corrected chi connectivity index (χ3v) is 5.22. The van der Waals surface area contributed by atoms with Crippen LogP contribution in [-0.4, -0.2) is 23.2 Å². The molecule has 0 fully saturated rings. The Kier molecular flexibility index (Phi) is 4.55. The van der Waals surface area contributed by atoms with Gasteiger partial charge >= 0.3 is 0 Å². The molecule has 3 rings (SSSR count). The smallest absolute Gasteiger partial charge is 0.262 e. The van der Waals surface area contributed by atoms with E-state index < -0.39 is 10.0 Å². The molecule has 6 nitrogen and oxygen atoms in total. The monoisotopic (exact) mass is 362 g/mol. The van der Waals surface area contributed by atoms with E-state index in [0.717, 1.165) is 5.56 Å². The lowest BCUT2D eigenvalue weighted by atomic mass is 10.2. The van der Waals surface area contributed by atoms with Gasteiger partial charge in [0.15, 0.2) is 0 Å². The van der Waals surface area contributed by atoms with Crippen molar-refractivity contribution in [2.75, 3.05) is 4.72 Å². The van der Waals surface area contributed by atoms with E-state index in [-0.39, 0.29) is 4.90 Å². The van der Waals surface area contributed by atoms with E-state index in [1.54, 1.807) is 42.2 Å². The van der Waals surface area contributed by atoms with Crippen molar-refractivity contribution in [2.45, 2.75) is 18.4 Å². The molecular weight excluding hydrogens is 348 g/mol. The van der Waals surface area contributed by atoms with Crippen LogP contribution in [0, 0.1) is 6.92 Å². The molecule has 0 atom stereocenters. The molecule has 1 heterocycles. The highest BCUT2D eigenvalue weighted by Gasteiger charge is 2.17. The van der Waals surface area contributed by atoms with Crippen molar-refractivity contribution < 1.29 is 8.42 Å². The van der Waals surface area contributed by atoms with Gasteiger partial charge in [0, 0.05) is 10.7 Å². The number of aryl methyl sites for hydroxylation is 1. The lowest BCUT2D eigenvalue weighted by molar-refractivity contribution is 0.600. The van der Waals surface area contributed by atoms with Crippen LogP contribution in [-0.2, 0) is 16.6 Å². The molecule has 1 aromatic heterocycles. The van der Waals surface area contributed by atoms with Crippen molar-refractivity contribution in [3.8, 4) is 0 Å². The first-order valence-corrected chi connectivity index (χ1v) is 9.00. The lowest BCUT2D eigenvalue weighted by Crippen LogP contribution is -2.14. The summed E-state index contributed by atoms with van der Waals surface area (Å²) < 4.78 is 29.3. The van der Waals surface area contributed by atoms with Crippen LogP contribution < -0.4 is 4.72 Å². The van der Waals surface area contributed by atoms with Crippen LogP contribution in [0.1, 0.15) is 11.1 Å². The number of benzene rings is 2. The molecule has 8 heteroatoms. The van der Waals surface area contributed by atoms with Gasteiger partial charge in [-0.15, -0.1) is 0 Å². The molecule has 0 saturated heterocycles. The van der Waals surface area contributed by atoms with Gasteiger partial charge < -0.3 is 0 Å². The molecule has 1 N–H and O–H groups in total. The summed E-state index contributed by atoms with van der Waals surface area (Å²) in [5, 5.41) is 4.54. The molecule has 0 saturated carbocycles. The number of nitrogens with one attached hydrogen (secondary N) is 1. The van der Waals surface area contributed by atoms with Gasteiger partial charge in [0.05, 0.1) is 11.4 Å². The Bertz CT molecular complexity index is 939. The van der Waals surface area contributed by atoms with Gasteiger partial charge in [-0.3, -0.25) is 4.72 Å². The fraction of sp³-hybridized carbons (Fsp3) is 0.125. The van der Waals surface area contributed by atoms with Crippen LogP contribution >= 0.6 is 11.6 Å². The molecule has 2 aromatic carbocycles. The molecule has 0 amide bonds. The Morgan fingerprint density at radius 2 is 1.92 bits per heavy atom. The molecule has 0 spiro atoms. The second-order valence-electron chi connectivity index (χ2n) is 5.31. The van der Waals surface area contributed by atoms with Crippen molar-refractivity contribution in [3.05, 3.63) is 71.3 Å². The third kappa shape index (κ3) is 3.74. The van der Waals surface area contributed by atoms with Gasteiger partial charge in [-0.25, -0.2) is 18.1 Å². The van der Waals surface area contributed by atoms with Crippen molar-refractivity contribution in [1.29, 1.82) is 0 Å².